The van der Waals surface area contributed by atoms with E-state index in [2.05, 4.69) is 18.2 Å². The molecule has 0 aromatic heterocycles. The number of hydrogen-bond acceptors (Lipinski definition) is 1. The van der Waals surface area contributed by atoms with E-state index < -0.39 is 0 Å². The standard InChI is InChI=1S/C13H18N2O/c1-14(2)13(16)15-9-5-8-11-6-3-4-7-12(11)10-15/h3-4,6-7H,5,8-10H2,1-2H3. The maximum Gasteiger partial charge on any atom is 0.319 e. The molecule has 1 aromatic carbocycles. The first-order chi connectivity index (χ1) is 7.68. The summed E-state index contributed by atoms with van der Waals surface area (Å²) in [7, 11) is 3.61. The Morgan fingerprint density at radius 1 is 1.25 bits per heavy atom. The number of aryl methyl sites for hydroxylation is 1. The Morgan fingerprint density at radius 3 is 2.62 bits per heavy atom. The predicted octanol–water partition coefficient (Wildman–Crippen LogP) is 2.12. The largest absolute Gasteiger partial charge is 0.331 e. The molecule has 1 aliphatic rings. The van der Waals surface area contributed by atoms with Crippen molar-refractivity contribution in [3.05, 3.63) is 35.4 Å². The van der Waals surface area contributed by atoms with Gasteiger partial charge in [-0.25, -0.2) is 4.79 Å². The van der Waals surface area contributed by atoms with E-state index in [1.807, 2.05) is 11.0 Å². The minimum Gasteiger partial charge on any atom is -0.331 e. The molecular weight excluding hydrogens is 200 g/mol. The van der Waals surface area contributed by atoms with Crippen LogP contribution in [0.1, 0.15) is 17.5 Å². The number of hydrogen-bond donors (Lipinski definition) is 0. The minimum absolute atomic E-state index is 0.108. The van der Waals surface area contributed by atoms with Crippen LogP contribution in [0, 0.1) is 0 Å². The van der Waals surface area contributed by atoms with E-state index >= 15 is 0 Å². The van der Waals surface area contributed by atoms with Crippen molar-refractivity contribution in [2.75, 3.05) is 20.6 Å². The summed E-state index contributed by atoms with van der Waals surface area (Å²) in [5.41, 5.74) is 2.67. The van der Waals surface area contributed by atoms with Crippen LogP contribution in [0.5, 0.6) is 0 Å². The van der Waals surface area contributed by atoms with Gasteiger partial charge in [0.2, 0.25) is 0 Å². The highest BCUT2D eigenvalue weighted by Crippen LogP contribution is 2.18. The number of benzene rings is 1. The number of amides is 2. The predicted molar refractivity (Wildman–Crippen MR) is 64.3 cm³/mol. The number of fused-ring (bicyclic) bond motifs is 1. The van der Waals surface area contributed by atoms with Gasteiger partial charge in [-0.2, -0.15) is 0 Å². The second-order valence-electron chi connectivity index (χ2n) is 4.47. The Labute approximate surface area is 96.7 Å². The van der Waals surface area contributed by atoms with Gasteiger partial charge in [0, 0.05) is 27.2 Å². The van der Waals surface area contributed by atoms with Crippen LogP contribution >= 0.6 is 0 Å². The second kappa shape index (κ2) is 4.56. The van der Waals surface area contributed by atoms with Crippen LogP contribution < -0.4 is 0 Å². The molecule has 0 saturated carbocycles. The molecule has 16 heavy (non-hydrogen) atoms. The summed E-state index contributed by atoms with van der Waals surface area (Å²) >= 11 is 0. The van der Waals surface area contributed by atoms with E-state index in [0.29, 0.717) is 0 Å². The topological polar surface area (TPSA) is 23.6 Å². The van der Waals surface area contributed by atoms with Gasteiger partial charge in [-0.15, -0.1) is 0 Å². The van der Waals surface area contributed by atoms with Gasteiger partial charge in [-0.1, -0.05) is 24.3 Å². The normalized spacial score (nSPS) is 15.2. The van der Waals surface area contributed by atoms with E-state index in [9.17, 15) is 4.79 Å². The van der Waals surface area contributed by atoms with Gasteiger partial charge in [0.25, 0.3) is 0 Å². The lowest BCUT2D eigenvalue weighted by molar-refractivity contribution is 0.169. The Balaban J connectivity index is 2.20. The smallest absolute Gasteiger partial charge is 0.319 e. The molecule has 0 atom stereocenters. The van der Waals surface area contributed by atoms with Gasteiger partial charge >= 0.3 is 6.03 Å². The number of carbonyl (C=O) groups excluding carboxylic acids is 1. The summed E-state index contributed by atoms with van der Waals surface area (Å²) in [6, 6.07) is 8.51. The van der Waals surface area contributed by atoms with Crippen molar-refractivity contribution in [3.63, 3.8) is 0 Å². The van der Waals surface area contributed by atoms with E-state index in [1.165, 1.54) is 11.1 Å². The number of nitrogens with zero attached hydrogens (tertiary/aromatic N) is 2. The molecule has 1 heterocycles. The first-order valence-electron chi connectivity index (χ1n) is 5.71. The van der Waals surface area contributed by atoms with Crippen LogP contribution in [0.25, 0.3) is 0 Å². The average molecular weight is 218 g/mol. The van der Waals surface area contributed by atoms with Gasteiger partial charge in [0.1, 0.15) is 0 Å². The molecule has 0 N–H and O–H groups in total. The average Bonchev–Trinajstić information content (AvgIpc) is 2.49. The fourth-order valence-electron chi connectivity index (χ4n) is 2.15. The zero-order valence-corrected chi connectivity index (χ0v) is 9.94. The van der Waals surface area contributed by atoms with Crippen LogP contribution in [0.4, 0.5) is 4.79 Å². The van der Waals surface area contributed by atoms with E-state index in [1.54, 1.807) is 19.0 Å². The monoisotopic (exact) mass is 218 g/mol. The van der Waals surface area contributed by atoms with Crippen molar-refractivity contribution in [1.29, 1.82) is 0 Å². The third-order valence-electron chi connectivity index (χ3n) is 3.01. The maximum atomic E-state index is 11.9. The fourth-order valence-corrected chi connectivity index (χ4v) is 2.15. The third-order valence-corrected chi connectivity index (χ3v) is 3.01. The highest BCUT2D eigenvalue weighted by molar-refractivity contribution is 5.74. The second-order valence-corrected chi connectivity index (χ2v) is 4.47. The first kappa shape index (κ1) is 11.0. The van der Waals surface area contributed by atoms with Crippen molar-refractivity contribution in [2.45, 2.75) is 19.4 Å². The summed E-state index contributed by atoms with van der Waals surface area (Å²) in [4.78, 5) is 15.5. The highest BCUT2D eigenvalue weighted by atomic mass is 16.2. The van der Waals surface area contributed by atoms with Gasteiger partial charge in [-0.3, -0.25) is 0 Å². The van der Waals surface area contributed by atoms with E-state index in [4.69, 9.17) is 0 Å². The third kappa shape index (κ3) is 2.18. The Kier molecular flexibility index (Phi) is 3.13. The fraction of sp³-hybridized carbons (Fsp3) is 0.462. The number of urea groups is 1. The Bertz CT molecular complexity index is 387. The van der Waals surface area contributed by atoms with Gasteiger partial charge in [0.05, 0.1) is 0 Å². The van der Waals surface area contributed by atoms with Crippen LogP contribution in [0.3, 0.4) is 0 Å². The molecule has 0 saturated heterocycles. The first-order valence-corrected chi connectivity index (χ1v) is 5.71. The van der Waals surface area contributed by atoms with E-state index in [-0.39, 0.29) is 6.03 Å². The zero-order valence-electron chi connectivity index (χ0n) is 9.94. The van der Waals surface area contributed by atoms with Crippen molar-refractivity contribution in [3.8, 4) is 0 Å². The molecule has 1 aromatic rings. The van der Waals surface area contributed by atoms with E-state index in [0.717, 1.165) is 25.9 Å². The van der Waals surface area contributed by atoms with Crippen LogP contribution in [-0.2, 0) is 13.0 Å². The maximum absolute atomic E-state index is 11.9. The molecule has 0 aliphatic carbocycles. The Hall–Kier alpha value is -1.51. The molecule has 0 spiro atoms. The quantitative estimate of drug-likeness (QED) is 0.654. The Morgan fingerprint density at radius 2 is 1.94 bits per heavy atom. The van der Waals surface area contributed by atoms with Gasteiger partial charge < -0.3 is 9.80 Å². The van der Waals surface area contributed by atoms with Crippen molar-refractivity contribution < 1.29 is 4.79 Å². The molecule has 86 valence electrons. The molecule has 2 rings (SSSR count). The molecule has 1 aliphatic heterocycles. The molecule has 0 fully saturated rings. The summed E-state index contributed by atoms with van der Waals surface area (Å²) in [5.74, 6) is 0. The molecule has 3 nitrogen and oxygen atoms in total. The van der Waals surface area contributed by atoms with Crippen LogP contribution in [0.15, 0.2) is 24.3 Å². The summed E-state index contributed by atoms with van der Waals surface area (Å²) in [6.07, 6.45) is 2.13. The highest BCUT2D eigenvalue weighted by Gasteiger charge is 2.19. The lowest BCUT2D eigenvalue weighted by Crippen LogP contribution is -2.38. The van der Waals surface area contributed by atoms with Gasteiger partial charge in [0.15, 0.2) is 0 Å². The zero-order chi connectivity index (χ0) is 11.5. The SMILES string of the molecule is CN(C)C(=O)N1CCCc2ccccc2C1. The molecule has 2 amide bonds. The number of carbonyl (C=O) groups is 1. The lowest BCUT2D eigenvalue weighted by atomic mass is 10.0. The molecule has 0 radical (unpaired) electrons. The summed E-state index contributed by atoms with van der Waals surface area (Å²) < 4.78 is 0. The minimum atomic E-state index is 0.108. The van der Waals surface area contributed by atoms with Gasteiger partial charge in [-0.05, 0) is 24.0 Å². The van der Waals surface area contributed by atoms with Crippen molar-refractivity contribution >= 4 is 6.03 Å². The molecule has 0 bridgehead atoms. The summed E-state index contributed by atoms with van der Waals surface area (Å²) in [5, 5.41) is 0. The molecule has 3 heteroatoms. The summed E-state index contributed by atoms with van der Waals surface area (Å²) in [6.45, 7) is 1.60. The van der Waals surface area contributed by atoms with Crippen molar-refractivity contribution in [1.82, 2.24) is 9.80 Å². The lowest BCUT2D eigenvalue weighted by Gasteiger charge is -2.24. The van der Waals surface area contributed by atoms with Crippen molar-refractivity contribution in [2.24, 2.45) is 0 Å². The molecule has 0 unspecified atom stereocenters. The number of rotatable bonds is 0. The van der Waals surface area contributed by atoms with Crippen LogP contribution in [0.2, 0.25) is 0 Å². The molecular formula is C13H18N2O. The van der Waals surface area contributed by atoms with Crippen LogP contribution in [-0.4, -0.2) is 36.5 Å².